The molecule has 0 amide bonds. The highest BCUT2D eigenvalue weighted by atomic mass is 15.4. The van der Waals surface area contributed by atoms with Crippen LogP contribution < -0.4 is 14.7 Å². The van der Waals surface area contributed by atoms with Crippen molar-refractivity contribution in [3.05, 3.63) is 180 Å². The predicted molar refractivity (Wildman–Crippen MR) is 287 cm³/mol. The van der Waals surface area contributed by atoms with Gasteiger partial charge in [-0.3, -0.25) is 15.0 Å². The molecule has 7 aromatic rings. The molecule has 0 saturated heterocycles. The Labute approximate surface area is 408 Å². The number of benzene rings is 6. The summed E-state index contributed by atoms with van der Waals surface area (Å²) in [6.45, 7) is 26.9. The standard InChI is InChI=1S/C60H63N9/c1-55(2)58(7,8)67(52(64-55)40-25-16-13-17-26-40)46-34-22-31-43(37-46)49-61-50(44-32-23-35-47(38-44)68-53(41-27-18-14-19-28-41)65-56(3,4)59(68,9)10)63-51(62-49)45-33-24-36-48(39-45)69-54(42-29-20-15-21-30-42)66-57(5,6)60(69,11)12/h13-39H,1-12H3. The highest BCUT2D eigenvalue weighted by molar-refractivity contribution is 6.15. The summed E-state index contributed by atoms with van der Waals surface area (Å²) in [6.07, 6.45) is 0. The minimum absolute atomic E-state index is 0.354. The molecule has 0 aliphatic carbocycles. The van der Waals surface area contributed by atoms with Crippen LogP contribution in [0, 0.1) is 0 Å². The molecule has 0 bridgehead atoms. The van der Waals surface area contributed by atoms with Gasteiger partial charge in [0.05, 0.1) is 33.2 Å². The van der Waals surface area contributed by atoms with Gasteiger partial charge in [-0.05, 0) is 119 Å². The molecule has 0 unspecified atom stereocenters. The third-order valence-electron chi connectivity index (χ3n) is 15.8. The molecule has 3 aliphatic rings. The fourth-order valence-electron chi connectivity index (χ4n) is 9.76. The Morgan fingerprint density at radius 3 is 0.754 bits per heavy atom. The van der Waals surface area contributed by atoms with Crippen molar-refractivity contribution in [2.75, 3.05) is 14.7 Å². The van der Waals surface area contributed by atoms with Gasteiger partial charge >= 0.3 is 0 Å². The van der Waals surface area contributed by atoms with E-state index in [0.717, 1.165) is 67.9 Å². The van der Waals surface area contributed by atoms with Gasteiger partial charge in [-0.25, -0.2) is 15.0 Å². The largest absolute Gasteiger partial charge is 0.318 e. The van der Waals surface area contributed by atoms with E-state index >= 15 is 0 Å². The van der Waals surface area contributed by atoms with E-state index in [9.17, 15) is 0 Å². The van der Waals surface area contributed by atoms with Crippen molar-refractivity contribution < 1.29 is 0 Å². The van der Waals surface area contributed by atoms with E-state index in [1.54, 1.807) is 0 Å². The summed E-state index contributed by atoms with van der Waals surface area (Å²) in [4.78, 5) is 39.3. The van der Waals surface area contributed by atoms with Crippen LogP contribution in [0.2, 0.25) is 0 Å². The number of aliphatic imine (C=N–C) groups is 3. The highest BCUT2D eigenvalue weighted by Crippen LogP contribution is 2.46. The van der Waals surface area contributed by atoms with Gasteiger partial charge in [-0.15, -0.1) is 0 Å². The number of amidine groups is 3. The quantitative estimate of drug-likeness (QED) is 0.143. The molecule has 0 spiro atoms. The Hall–Kier alpha value is -7.26. The second-order valence-corrected chi connectivity index (χ2v) is 21.7. The predicted octanol–water partition coefficient (Wildman–Crippen LogP) is 13.3. The number of hydrogen-bond acceptors (Lipinski definition) is 9. The van der Waals surface area contributed by atoms with Gasteiger partial charge < -0.3 is 14.7 Å². The lowest BCUT2D eigenvalue weighted by Gasteiger charge is -2.41. The van der Waals surface area contributed by atoms with Crippen molar-refractivity contribution in [1.82, 2.24) is 15.0 Å². The van der Waals surface area contributed by atoms with Gasteiger partial charge in [0.15, 0.2) is 17.5 Å². The first-order valence-corrected chi connectivity index (χ1v) is 24.1. The first kappa shape index (κ1) is 45.5. The molecule has 69 heavy (non-hydrogen) atoms. The van der Waals surface area contributed by atoms with Crippen molar-refractivity contribution in [3.8, 4) is 34.2 Å². The van der Waals surface area contributed by atoms with Gasteiger partial charge in [-0.1, -0.05) is 127 Å². The molecule has 6 aromatic carbocycles. The molecule has 4 heterocycles. The third kappa shape index (κ3) is 7.54. The Morgan fingerprint density at radius 1 is 0.275 bits per heavy atom. The van der Waals surface area contributed by atoms with Crippen molar-refractivity contribution in [2.45, 2.75) is 116 Å². The molecule has 348 valence electrons. The Bertz CT molecular complexity index is 2830. The summed E-state index contributed by atoms with van der Waals surface area (Å²) in [5.74, 6) is 4.53. The van der Waals surface area contributed by atoms with Crippen LogP contribution in [-0.2, 0) is 0 Å². The van der Waals surface area contributed by atoms with Crippen LogP contribution in [0.4, 0.5) is 17.1 Å². The average molecular weight is 910 g/mol. The summed E-state index contributed by atoms with van der Waals surface area (Å²) in [5, 5.41) is 0. The van der Waals surface area contributed by atoms with Crippen molar-refractivity contribution in [2.24, 2.45) is 15.0 Å². The molecular weight excluding hydrogens is 847 g/mol. The van der Waals surface area contributed by atoms with Crippen LogP contribution in [0.15, 0.2) is 179 Å². The molecule has 1 aromatic heterocycles. The maximum Gasteiger partial charge on any atom is 0.164 e. The molecule has 0 radical (unpaired) electrons. The fraction of sp³-hybridized carbons (Fsp3) is 0.300. The van der Waals surface area contributed by atoms with Crippen LogP contribution in [0.1, 0.15) is 99.8 Å². The molecule has 0 N–H and O–H groups in total. The smallest absolute Gasteiger partial charge is 0.164 e. The number of aromatic nitrogens is 3. The minimum Gasteiger partial charge on any atom is -0.318 e. The lowest BCUT2D eigenvalue weighted by Crippen LogP contribution is -2.53. The molecule has 0 fully saturated rings. The van der Waals surface area contributed by atoms with E-state index in [1.807, 2.05) is 18.2 Å². The van der Waals surface area contributed by atoms with Gasteiger partial charge in [-0.2, -0.15) is 0 Å². The lowest BCUT2D eigenvalue weighted by molar-refractivity contribution is 0.338. The Kier molecular flexibility index (Phi) is 10.7. The highest BCUT2D eigenvalue weighted by Gasteiger charge is 2.52. The second-order valence-electron chi connectivity index (χ2n) is 21.7. The fourth-order valence-corrected chi connectivity index (χ4v) is 9.76. The number of anilines is 3. The Morgan fingerprint density at radius 2 is 0.507 bits per heavy atom. The first-order valence-electron chi connectivity index (χ1n) is 24.1. The normalized spacial score (nSPS) is 19.3. The van der Waals surface area contributed by atoms with E-state index in [-0.39, 0.29) is 33.2 Å². The SMILES string of the molecule is CC1(C)N=C(c2ccccc2)N(c2cccc(-c3nc(-c4cccc(N5C(c6ccccc6)=NC(C)(C)C5(C)C)c4)nc(-c4cccc(N5C(c6ccccc6)=NC(C)(C)C5(C)C)c4)n3)c2)C1(C)C. The summed E-state index contributed by atoms with van der Waals surface area (Å²) in [5.41, 5.74) is 6.70. The molecule has 9 heteroatoms. The zero-order valence-corrected chi connectivity index (χ0v) is 42.1. The monoisotopic (exact) mass is 910 g/mol. The van der Waals surface area contributed by atoms with E-state index in [2.05, 4.69) is 243 Å². The third-order valence-corrected chi connectivity index (χ3v) is 15.8. The van der Waals surface area contributed by atoms with Crippen LogP contribution in [-0.4, -0.2) is 65.7 Å². The maximum absolute atomic E-state index is 5.36. The van der Waals surface area contributed by atoms with E-state index in [0.29, 0.717) is 17.5 Å². The van der Waals surface area contributed by atoms with Crippen molar-refractivity contribution in [3.63, 3.8) is 0 Å². The van der Waals surface area contributed by atoms with Gasteiger partial charge in [0.25, 0.3) is 0 Å². The second kappa shape index (κ2) is 16.2. The topological polar surface area (TPSA) is 85.5 Å². The van der Waals surface area contributed by atoms with Gasteiger partial charge in [0.2, 0.25) is 0 Å². The Balaban J connectivity index is 1.13. The van der Waals surface area contributed by atoms with Crippen molar-refractivity contribution in [1.29, 1.82) is 0 Å². The molecule has 10 rings (SSSR count). The first-order chi connectivity index (χ1) is 32.7. The molecular formula is C60H63N9. The number of rotatable bonds is 9. The summed E-state index contributed by atoms with van der Waals surface area (Å²) < 4.78 is 0. The summed E-state index contributed by atoms with van der Waals surface area (Å²) in [7, 11) is 0. The van der Waals surface area contributed by atoms with Crippen molar-refractivity contribution >= 4 is 34.6 Å². The van der Waals surface area contributed by atoms with Crippen LogP contribution in [0.5, 0.6) is 0 Å². The minimum atomic E-state index is -0.369. The molecule has 0 atom stereocenters. The molecule has 9 nitrogen and oxygen atoms in total. The molecule has 0 saturated carbocycles. The number of hydrogen-bond donors (Lipinski definition) is 0. The molecule has 3 aliphatic heterocycles. The summed E-state index contributed by atoms with van der Waals surface area (Å²) in [6, 6.07) is 57.1. The maximum atomic E-state index is 5.36. The number of nitrogens with zero attached hydrogens (tertiary/aromatic N) is 9. The van der Waals surface area contributed by atoms with E-state index in [4.69, 9.17) is 29.9 Å². The van der Waals surface area contributed by atoms with Crippen LogP contribution >= 0.6 is 0 Å². The average Bonchev–Trinajstić information content (AvgIpc) is 3.76. The van der Waals surface area contributed by atoms with Gasteiger partial charge in [0, 0.05) is 50.4 Å². The van der Waals surface area contributed by atoms with Crippen LogP contribution in [0.25, 0.3) is 34.2 Å². The van der Waals surface area contributed by atoms with E-state index in [1.165, 1.54) is 0 Å². The van der Waals surface area contributed by atoms with Crippen LogP contribution in [0.3, 0.4) is 0 Å². The van der Waals surface area contributed by atoms with E-state index < -0.39 is 0 Å². The lowest BCUT2D eigenvalue weighted by atomic mass is 9.83. The summed E-state index contributed by atoms with van der Waals surface area (Å²) >= 11 is 0. The zero-order valence-electron chi connectivity index (χ0n) is 42.1. The van der Waals surface area contributed by atoms with Gasteiger partial charge in [0.1, 0.15) is 17.5 Å². The zero-order chi connectivity index (χ0) is 48.7.